The van der Waals surface area contributed by atoms with Crippen molar-refractivity contribution in [2.75, 3.05) is 12.4 Å². The molecule has 3 rings (SSSR count). The summed E-state index contributed by atoms with van der Waals surface area (Å²) in [6.45, 7) is 4.22. The number of carbonyl (C=O) groups excluding carboxylic acids is 3. The molecule has 1 aromatic heterocycles. The number of hydrogen-bond donors (Lipinski definition) is 2. The molecule has 0 fully saturated rings. The van der Waals surface area contributed by atoms with Crippen molar-refractivity contribution in [3.63, 3.8) is 0 Å². The Hall–Kier alpha value is -3.39. The number of amides is 3. The third-order valence-corrected chi connectivity index (χ3v) is 5.35. The van der Waals surface area contributed by atoms with Gasteiger partial charge in [0.25, 0.3) is 17.7 Å². The molecule has 0 saturated carbocycles. The second-order valence-corrected chi connectivity index (χ2v) is 8.31. The zero-order valence-corrected chi connectivity index (χ0v) is 19.6. The van der Waals surface area contributed by atoms with Crippen LogP contribution in [-0.4, -0.2) is 35.7 Å². The van der Waals surface area contributed by atoms with Crippen molar-refractivity contribution >= 4 is 39.3 Å². The van der Waals surface area contributed by atoms with E-state index in [2.05, 4.69) is 26.6 Å². The van der Waals surface area contributed by atoms with Crippen molar-refractivity contribution in [1.29, 1.82) is 0 Å². The molecule has 0 aliphatic heterocycles. The summed E-state index contributed by atoms with van der Waals surface area (Å²) in [7, 11) is 1.77. The molecule has 32 heavy (non-hydrogen) atoms. The molecule has 166 valence electrons. The summed E-state index contributed by atoms with van der Waals surface area (Å²) < 4.78 is 5.69. The molecular formula is C24H24BrN3O4. The van der Waals surface area contributed by atoms with E-state index in [1.165, 1.54) is 0 Å². The third-order valence-electron chi connectivity index (χ3n) is 4.93. The predicted molar refractivity (Wildman–Crippen MR) is 126 cm³/mol. The number of nitrogens with zero attached hydrogens (tertiary/aromatic N) is 1. The minimum absolute atomic E-state index is 0.0450. The molecule has 0 unspecified atom stereocenters. The number of anilines is 1. The van der Waals surface area contributed by atoms with Crippen LogP contribution in [0.3, 0.4) is 0 Å². The van der Waals surface area contributed by atoms with Gasteiger partial charge in [-0.15, -0.1) is 0 Å². The Labute approximate surface area is 194 Å². The van der Waals surface area contributed by atoms with E-state index in [-0.39, 0.29) is 23.6 Å². The van der Waals surface area contributed by atoms with Gasteiger partial charge in [-0.1, -0.05) is 18.2 Å². The number of benzene rings is 2. The lowest BCUT2D eigenvalue weighted by Gasteiger charge is -2.21. The van der Waals surface area contributed by atoms with Gasteiger partial charge in [-0.05, 0) is 77.8 Å². The lowest BCUT2D eigenvalue weighted by molar-refractivity contribution is 0.0754. The summed E-state index contributed by atoms with van der Waals surface area (Å²) in [4.78, 5) is 38.8. The first-order valence-corrected chi connectivity index (χ1v) is 10.8. The summed E-state index contributed by atoms with van der Waals surface area (Å²) in [5.74, 6) is -0.572. The van der Waals surface area contributed by atoms with Gasteiger partial charge in [-0.25, -0.2) is 0 Å². The van der Waals surface area contributed by atoms with Crippen molar-refractivity contribution in [3.05, 3.63) is 87.8 Å². The molecule has 0 aliphatic carbocycles. The molecule has 0 spiro atoms. The Morgan fingerprint density at radius 2 is 1.69 bits per heavy atom. The number of furan rings is 1. The van der Waals surface area contributed by atoms with Crippen LogP contribution < -0.4 is 10.6 Å². The second-order valence-electron chi connectivity index (χ2n) is 7.53. The van der Waals surface area contributed by atoms with Gasteiger partial charge in [-0.2, -0.15) is 0 Å². The molecule has 0 bridgehead atoms. The van der Waals surface area contributed by atoms with E-state index in [0.29, 0.717) is 28.0 Å². The van der Waals surface area contributed by atoms with Crippen LogP contribution in [0.25, 0.3) is 0 Å². The Balaban J connectivity index is 1.58. The van der Waals surface area contributed by atoms with Crippen LogP contribution >= 0.6 is 15.9 Å². The Bertz CT molecular complexity index is 1120. The maximum atomic E-state index is 12.6. The van der Waals surface area contributed by atoms with Crippen LogP contribution in [0.15, 0.2) is 69.8 Å². The Kier molecular flexibility index (Phi) is 7.48. The Morgan fingerprint density at radius 1 is 0.969 bits per heavy atom. The van der Waals surface area contributed by atoms with Gasteiger partial charge in [0, 0.05) is 36.4 Å². The van der Waals surface area contributed by atoms with Gasteiger partial charge >= 0.3 is 0 Å². The van der Waals surface area contributed by atoms with E-state index < -0.39 is 5.91 Å². The number of carbonyl (C=O) groups is 3. The van der Waals surface area contributed by atoms with Gasteiger partial charge in [-0.3, -0.25) is 14.4 Å². The summed E-state index contributed by atoms with van der Waals surface area (Å²) in [6, 6.07) is 17.1. The van der Waals surface area contributed by atoms with Crippen molar-refractivity contribution in [1.82, 2.24) is 10.2 Å². The predicted octanol–water partition coefficient (Wildman–Crippen LogP) is 4.70. The topological polar surface area (TPSA) is 91.7 Å². The summed E-state index contributed by atoms with van der Waals surface area (Å²) in [5, 5.41) is 5.55. The second kappa shape index (κ2) is 10.3. The maximum Gasteiger partial charge on any atom is 0.291 e. The number of halogens is 1. The van der Waals surface area contributed by atoms with Crippen LogP contribution in [0.4, 0.5) is 5.69 Å². The maximum absolute atomic E-state index is 12.6. The van der Waals surface area contributed by atoms with Gasteiger partial charge in [0.15, 0.2) is 10.4 Å². The molecule has 0 saturated heterocycles. The largest absolute Gasteiger partial charge is 0.444 e. The summed E-state index contributed by atoms with van der Waals surface area (Å²) >= 11 is 3.16. The number of nitrogens with one attached hydrogen (secondary N) is 2. The van der Waals surface area contributed by atoms with E-state index in [4.69, 9.17) is 4.42 Å². The molecule has 3 amide bonds. The standard InChI is InChI=1S/C24H24BrN3O4/c1-15(2)28(3)24(31)17-9-7-16(8-10-17)14-26-22(29)18-5-4-6-19(13-18)27-23(30)20-11-12-21(25)32-20/h4-13,15H,14H2,1-3H3,(H,26,29)(H,27,30). The summed E-state index contributed by atoms with van der Waals surface area (Å²) in [5.41, 5.74) is 2.36. The van der Waals surface area contributed by atoms with Crippen LogP contribution in [0.2, 0.25) is 0 Å². The molecule has 2 N–H and O–H groups in total. The fraction of sp³-hybridized carbons (Fsp3) is 0.208. The molecule has 3 aromatic rings. The normalized spacial score (nSPS) is 10.7. The smallest absolute Gasteiger partial charge is 0.291 e. The highest BCUT2D eigenvalue weighted by Crippen LogP contribution is 2.17. The van der Waals surface area contributed by atoms with Crippen LogP contribution in [0.5, 0.6) is 0 Å². The highest BCUT2D eigenvalue weighted by molar-refractivity contribution is 9.10. The molecule has 8 heteroatoms. The van der Waals surface area contributed by atoms with E-state index >= 15 is 0 Å². The van der Waals surface area contributed by atoms with Crippen molar-refractivity contribution in [3.8, 4) is 0 Å². The first-order valence-electron chi connectivity index (χ1n) is 10.1. The third kappa shape index (κ3) is 5.85. The molecular weight excluding hydrogens is 474 g/mol. The quantitative estimate of drug-likeness (QED) is 0.494. The van der Waals surface area contributed by atoms with Crippen molar-refractivity contribution in [2.24, 2.45) is 0 Å². The lowest BCUT2D eigenvalue weighted by Crippen LogP contribution is -2.32. The molecule has 0 radical (unpaired) electrons. The van der Waals surface area contributed by atoms with Gasteiger partial charge in [0.2, 0.25) is 0 Å². The minimum atomic E-state index is -0.411. The highest BCUT2D eigenvalue weighted by Gasteiger charge is 2.15. The number of rotatable bonds is 7. The summed E-state index contributed by atoms with van der Waals surface area (Å²) in [6.07, 6.45) is 0. The molecule has 0 aliphatic rings. The van der Waals surface area contributed by atoms with Crippen LogP contribution in [-0.2, 0) is 6.54 Å². The van der Waals surface area contributed by atoms with Gasteiger partial charge in [0.05, 0.1) is 0 Å². The monoisotopic (exact) mass is 497 g/mol. The average molecular weight is 498 g/mol. The van der Waals surface area contributed by atoms with E-state index in [9.17, 15) is 14.4 Å². The van der Waals surface area contributed by atoms with Crippen molar-refractivity contribution in [2.45, 2.75) is 26.4 Å². The SMILES string of the molecule is CC(C)N(C)C(=O)c1ccc(CNC(=O)c2cccc(NC(=O)c3ccc(Br)o3)c2)cc1. The molecule has 0 atom stereocenters. The fourth-order valence-electron chi connectivity index (χ4n) is 2.85. The molecule has 7 nitrogen and oxygen atoms in total. The van der Waals surface area contributed by atoms with Gasteiger partial charge < -0.3 is 20.0 Å². The lowest BCUT2D eigenvalue weighted by atomic mass is 10.1. The molecule has 1 heterocycles. The van der Waals surface area contributed by atoms with Gasteiger partial charge in [0.1, 0.15) is 0 Å². The average Bonchev–Trinajstić information content (AvgIpc) is 3.23. The van der Waals surface area contributed by atoms with E-state index in [0.717, 1.165) is 5.56 Å². The molecule has 2 aromatic carbocycles. The first-order chi connectivity index (χ1) is 15.2. The fourth-order valence-corrected chi connectivity index (χ4v) is 3.16. The minimum Gasteiger partial charge on any atom is -0.444 e. The highest BCUT2D eigenvalue weighted by atomic mass is 79.9. The zero-order valence-electron chi connectivity index (χ0n) is 18.0. The van der Waals surface area contributed by atoms with Crippen LogP contribution in [0.1, 0.15) is 50.7 Å². The Morgan fingerprint density at radius 3 is 2.31 bits per heavy atom. The van der Waals surface area contributed by atoms with E-state index in [1.54, 1.807) is 60.5 Å². The van der Waals surface area contributed by atoms with Crippen LogP contribution in [0, 0.1) is 0 Å². The zero-order chi connectivity index (χ0) is 23.3. The van der Waals surface area contributed by atoms with Crippen molar-refractivity contribution < 1.29 is 18.8 Å². The van der Waals surface area contributed by atoms with E-state index in [1.807, 2.05) is 26.0 Å². The first kappa shape index (κ1) is 23.3. The number of hydrogen-bond acceptors (Lipinski definition) is 4.